The molecule has 0 aromatic rings. The highest BCUT2D eigenvalue weighted by molar-refractivity contribution is 5.15. The van der Waals surface area contributed by atoms with E-state index < -0.39 is 5.41 Å². The Labute approximate surface area is 106 Å². The molecule has 0 bridgehead atoms. The molecule has 0 aromatic carbocycles. The highest BCUT2D eigenvalue weighted by atomic mass is 14.4. The van der Waals surface area contributed by atoms with Gasteiger partial charge < -0.3 is 0 Å². The Bertz CT molecular complexity index is 281. The first-order valence-corrected chi connectivity index (χ1v) is 7.08. The van der Waals surface area contributed by atoms with E-state index in [0.717, 1.165) is 19.3 Å². The number of nitrogens with zero attached hydrogens (tertiary/aromatic N) is 2. The van der Waals surface area contributed by atoms with Crippen molar-refractivity contribution in [2.24, 2.45) is 11.3 Å². The molecule has 2 heteroatoms. The van der Waals surface area contributed by atoms with Gasteiger partial charge in [0.1, 0.15) is 5.41 Å². The summed E-state index contributed by atoms with van der Waals surface area (Å²) >= 11 is 0. The van der Waals surface area contributed by atoms with Gasteiger partial charge in [0, 0.05) is 0 Å². The predicted octanol–water partition coefficient (Wildman–Crippen LogP) is 4.57. The number of rotatable bonds is 0. The van der Waals surface area contributed by atoms with Gasteiger partial charge in [0.25, 0.3) is 0 Å². The van der Waals surface area contributed by atoms with Gasteiger partial charge in [0.05, 0.1) is 12.1 Å². The summed E-state index contributed by atoms with van der Waals surface area (Å²) in [5.74, 6) is 0.219. The van der Waals surface area contributed by atoms with Crippen LogP contribution in [0.1, 0.15) is 71.1 Å². The van der Waals surface area contributed by atoms with Gasteiger partial charge in [-0.3, -0.25) is 0 Å². The monoisotopic (exact) mass is 232 g/mol. The van der Waals surface area contributed by atoms with E-state index in [0.29, 0.717) is 0 Å². The largest absolute Gasteiger partial charge is 0.197 e. The average Bonchev–Trinajstić information content (AvgIpc) is 2.35. The first-order chi connectivity index (χ1) is 8.25. The summed E-state index contributed by atoms with van der Waals surface area (Å²) in [6.45, 7) is 2.08. The fraction of sp³-hybridized carbons (Fsp3) is 0.867. The quantitative estimate of drug-likeness (QED) is 0.614. The van der Waals surface area contributed by atoms with Crippen LogP contribution in [0, 0.1) is 34.0 Å². The third-order valence-corrected chi connectivity index (χ3v) is 4.20. The van der Waals surface area contributed by atoms with Crippen molar-refractivity contribution >= 4 is 0 Å². The highest BCUT2D eigenvalue weighted by Crippen LogP contribution is 2.36. The zero-order valence-corrected chi connectivity index (χ0v) is 11.0. The van der Waals surface area contributed by atoms with E-state index in [1.54, 1.807) is 0 Å². The van der Waals surface area contributed by atoms with Crippen molar-refractivity contribution in [1.29, 1.82) is 10.5 Å². The summed E-state index contributed by atoms with van der Waals surface area (Å²) in [5, 5.41) is 18.7. The molecule has 0 amide bonds. The van der Waals surface area contributed by atoms with Crippen molar-refractivity contribution in [3.8, 4) is 12.1 Å². The van der Waals surface area contributed by atoms with E-state index in [2.05, 4.69) is 19.1 Å². The van der Waals surface area contributed by atoms with Crippen LogP contribution in [0.3, 0.4) is 0 Å². The standard InChI is InChI=1S/C15H24N2/c1-14-10-8-6-4-2-3-5-7-9-11-15(14,12-16)13-17/h14H,2-11H2,1H3. The lowest BCUT2D eigenvalue weighted by molar-refractivity contribution is 0.280. The van der Waals surface area contributed by atoms with E-state index in [1.165, 1.54) is 44.9 Å². The van der Waals surface area contributed by atoms with E-state index in [4.69, 9.17) is 0 Å². The molecular weight excluding hydrogens is 208 g/mol. The lowest BCUT2D eigenvalue weighted by Gasteiger charge is -2.26. The first-order valence-electron chi connectivity index (χ1n) is 7.08. The van der Waals surface area contributed by atoms with E-state index in [9.17, 15) is 10.5 Å². The van der Waals surface area contributed by atoms with Crippen LogP contribution in [-0.2, 0) is 0 Å². The summed E-state index contributed by atoms with van der Waals surface area (Å²) < 4.78 is 0. The van der Waals surface area contributed by atoms with Crippen LogP contribution < -0.4 is 0 Å². The third-order valence-electron chi connectivity index (χ3n) is 4.20. The van der Waals surface area contributed by atoms with Crippen molar-refractivity contribution in [3.05, 3.63) is 0 Å². The van der Waals surface area contributed by atoms with E-state index in [1.807, 2.05) is 0 Å². The van der Waals surface area contributed by atoms with Crippen molar-refractivity contribution in [3.63, 3.8) is 0 Å². The van der Waals surface area contributed by atoms with Gasteiger partial charge in [-0.1, -0.05) is 58.3 Å². The van der Waals surface area contributed by atoms with E-state index in [-0.39, 0.29) is 5.92 Å². The predicted molar refractivity (Wildman–Crippen MR) is 69.0 cm³/mol. The van der Waals surface area contributed by atoms with Gasteiger partial charge in [-0.15, -0.1) is 0 Å². The fourth-order valence-electron chi connectivity index (χ4n) is 2.77. The molecule has 2 nitrogen and oxygen atoms in total. The van der Waals surface area contributed by atoms with Crippen molar-refractivity contribution in [2.45, 2.75) is 71.1 Å². The van der Waals surface area contributed by atoms with Crippen molar-refractivity contribution < 1.29 is 0 Å². The molecule has 1 atom stereocenters. The lowest BCUT2D eigenvalue weighted by Crippen LogP contribution is -2.25. The molecule has 0 heterocycles. The molecule has 17 heavy (non-hydrogen) atoms. The maximum Gasteiger partial charge on any atom is 0.146 e. The molecule has 1 aliphatic rings. The van der Waals surface area contributed by atoms with Gasteiger partial charge in [-0.25, -0.2) is 0 Å². The lowest BCUT2D eigenvalue weighted by atomic mass is 9.72. The average molecular weight is 232 g/mol. The molecule has 1 unspecified atom stereocenters. The Morgan fingerprint density at radius 2 is 1.29 bits per heavy atom. The Hall–Kier alpha value is -1.02. The molecule has 0 radical (unpaired) electrons. The molecule has 0 aromatic heterocycles. The molecule has 0 spiro atoms. The molecule has 1 rings (SSSR count). The number of hydrogen-bond acceptors (Lipinski definition) is 2. The van der Waals surface area contributed by atoms with Crippen LogP contribution in [0.4, 0.5) is 0 Å². The highest BCUT2D eigenvalue weighted by Gasteiger charge is 2.35. The van der Waals surface area contributed by atoms with Gasteiger partial charge in [0.15, 0.2) is 0 Å². The number of nitriles is 2. The van der Waals surface area contributed by atoms with Crippen molar-refractivity contribution in [1.82, 2.24) is 0 Å². The summed E-state index contributed by atoms with van der Waals surface area (Å²) in [4.78, 5) is 0. The Balaban J connectivity index is 2.65. The van der Waals surface area contributed by atoms with Gasteiger partial charge in [0.2, 0.25) is 0 Å². The fourth-order valence-corrected chi connectivity index (χ4v) is 2.77. The second-order valence-corrected chi connectivity index (χ2v) is 5.46. The first kappa shape index (κ1) is 14.0. The summed E-state index contributed by atoms with van der Waals surface area (Å²) in [6, 6.07) is 4.62. The zero-order valence-electron chi connectivity index (χ0n) is 11.0. The molecular formula is C15H24N2. The third kappa shape index (κ3) is 4.04. The minimum atomic E-state index is -0.723. The Kier molecular flexibility index (Phi) is 6.06. The van der Waals surface area contributed by atoms with E-state index >= 15 is 0 Å². The molecule has 0 aliphatic heterocycles. The van der Waals surface area contributed by atoms with Crippen LogP contribution in [0.25, 0.3) is 0 Å². The van der Waals surface area contributed by atoms with Crippen molar-refractivity contribution in [2.75, 3.05) is 0 Å². The Morgan fingerprint density at radius 1 is 0.824 bits per heavy atom. The smallest absolute Gasteiger partial charge is 0.146 e. The van der Waals surface area contributed by atoms with Crippen LogP contribution in [0.2, 0.25) is 0 Å². The van der Waals surface area contributed by atoms with Gasteiger partial charge in [-0.05, 0) is 18.8 Å². The molecule has 1 fully saturated rings. The molecule has 0 N–H and O–H groups in total. The van der Waals surface area contributed by atoms with Crippen LogP contribution in [0.5, 0.6) is 0 Å². The van der Waals surface area contributed by atoms with Gasteiger partial charge >= 0.3 is 0 Å². The van der Waals surface area contributed by atoms with Crippen LogP contribution in [-0.4, -0.2) is 0 Å². The summed E-state index contributed by atoms with van der Waals surface area (Å²) in [7, 11) is 0. The zero-order chi connectivity index (χ0) is 12.6. The molecule has 1 saturated carbocycles. The summed E-state index contributed by atoms with van der Waals surface area (Å²) in [6.07, 6.45) is 11.7. The molecule has 1 aliphatic carbocycles. The Morgan fingerprint density at radius 3 is 1.82 bits per heavy atom. The SMILES string of the molecule is CC1CCCCCCCCCCC1(C#N)C#N. The van der Waals surface area contributed by atoms with Crippen LogP contribution in [0.15, 0.2) is 0 Å². The maximum atomic E-state index is 9.34. The second-order valence-electron chi connectivity index (χ2n) is 5.46. The minimum Gasteiger partial charge on any atom is -0.197 e. The molecule has 0 saturated heterocycles. The number of hydrogen-bond donors (Lipinski definition) is 0. The normalized spacial score (nSPS) is 26.9. The molecule has 94 valence electrons. The maximum absolute atomic E-state index is 9.34. The summed E-state index contributed by atoms with van der Waals surface area (Å²) in [5.41, 5.74) is -0.723. The van der Waals surface area contributed by atoms with Gasteiger partial charge in [-0.2, -0.15) is 10.5 Å². The van der Waals surface area contributed by atoms with Crippen LogP contribution >= 0.6 is 0 Å². The second kappa shape index (κ2) is 7.33. The minimum absolute atomic E-state index is 0.219. The topological polar surface area (TPSA) is 47.6 Å².